The van der Waals surface area contributed by atoms with Crippen LogP contribution in [0, 0.1) is 0 Å². The average Bonchev–Trinajstić information content (AvgIpc) is 2.35. The Morgan fingerprint density at radius 2 is 2.64 bits per heavy atom. The molecule has 0 unspecified atom stereocenters. The van der Waals surface area contributed by atoms with Gasteiger partial charge in [0, 0.05) is 7.05 Å². The quantitative estimate of drug-likeness (QED) is 0.734. The van der Waals surface area contributed by atoms with E-state index in [1.807, 2.05) is 0 Å². The number of hydrogen-bond acceptors (Lipinski definition) is 4. The Kier molecular flexibility index (Phi) is 2.67. The molecule has 0 radical (unpaired) electrons. The van der Waals surface area contributed by atoms with Crippen molar-refractivity contribution in [3.63, 3.8) is 0 Å². The zero-order chi connectivity index (χ0) is 8.27. The van der Waals surface area contributed by atoms with Crippen LogP contribution in [0.15, 0.2) is 6.20 Å². The Labute approximate surface area is 72.1 Å². The van der Waals surface area contributed by atoms with E-state index in [0.717, 1.165) is 11.3 Å². The summed E-state index contributed by atoms with van der Waals surface area (Å²) in [6.45, 7) is 0. The van der Waals surface area contributed by atoms with Crippen molar-refractivity contribution in [2.45, 2.75) is 0 Å². The number of rotatable bonds is 1. The summed E-state index contributed by atoms with van der Waals surface area (Å²) < 4.78 is 5.06. The van der Waals surface area contributed by atoms with Crippen molar-refractivity contribution < 1.29 is 9.53 Å². The van der Waals surface area contributed by atoms with E-state index < -0.39 is 6.09 Å². The molecule has 1 rings (SSSR count). The van der Waals surface area contributed by atoms with E-state index in [-0.39, 0.29) is 0 Å². The number of hydrogen-bond donors (Lipinski definition) is 1. The van der Waals surface area contributed by atoms with Gasteiger partial charge in [-0.15, -0.1) is 0 Å². The number of halogens is 1. The van der Waals surface area contributed by atoms with Crippen molar-refractivity contribution >= 4 is 29.0 Å². The predicted octanol–water partition coefficient (Wildman–Crippen LogP) is 1.51. The Balaban J connectivity index is 2.57. The molecule has 0 bridgehead atoms. The molecule has 1 N–H and O–H groups in total. The zero-order valence-electron chi connectivity index (χ0n) is 5.63. The van der Waals surface area contributed by atoms with Crippen LogP contribution < -0.4 is 10.1 Å². The third-order valence-corrected chi connectivity index (χ3v) is 1.85. The molecule has 11 heavy (non-hydrogen) atoms. The standard InChI is InChI=1S/C5H5ClN2O2S/c1-7-5(9)10-3-2-8-4(6)11-3/h2H,1H3,(H,7,9). The van der Waals surface area contributed by atoms with E-state index in [2.05, 4.69) is 10.3 Å². The largest absolute Gasteiger partial charge is 0.413 e. The van der Waals surface area contributed by atoms with Gasteiger partial charge in [-0.1, -0.05) is 22.9 Å². The number of thiazole rings is 1. The van der Waals surface area contributed by atoms with Crippen LogP contribution in [0.2, 0.25) is 4.47 Å². The topological polar surface area (TPSA) is 51.2 Å². The van der Waals surface area contributed by atoms with Gasteiger partial charge in [0.2, 0.25) is 5.06 Å². The van der Waals surface area contributed by atoms with Crippen LogP contribution in [0.1, 0.15) is 0 Å². The minimum absolute atomic E-state index is 0.351. The summed E-state index contributed by atoms with van der Waals surface area (Å²) in [4.78, 5) is 14.3. The first-order valence-electron chi connectivity index (χ1n) is 2.73. The fourth-order valence-electron chi connectivity index (χ4n) is 0.429. The highest BCUT2D eigenvalue weighted by atomic mass is 35.5. The number of nitrogens with zero attached hydrogens (tertiary/aromatic N) is 1. The molecule has 1 aromatic heterocycles. The summed E-state index contributed by atoms with van der Waals surface area (Å²) >= 11 is 6.59. The molecule has 0 atom stereocenters. The minimum atomic E-state index is -0.523. The van der Waals surface area contributed by atoms with E-state index in [0.29, 0.717) is 9.53 Å². The molecule has 0 saturated carbocycles. The van der Waals surface area contributed by atoms with Crippen molar-refractivity contribution in [2.75, 3.05) is 7.05 Å². The van der Waals surface area contributed by atoms with Gasteiger partial charge in [0.05, 0.1) is 6.20 Å². The average molecular weight is 193 g/mol. The molecule has 0 fully saturated rings. The molecular weight excluding hydrogens is 188 g/mol. The summed E-state index contributed by atoms with van der Waals surface area (Å²) in [5.41, 5.74) is 0. The van der Waals surface area contributed by atoms with E-state index in [4.69, 9.17) is 16.3 Å². The van der Waals surface area contributed by atoms with Gasteiger partial charge in [-0.25, -0.2) is 9.78 Å². The maximum atomic E-state index is 10.6. The fraction of sp³-hybridized carbons (Fsp3) is 0.200. The van der Waals surface area contributed by atoms with Gasteiger partial charge in [0.25, 0.3) is 0 Å². The molecule has 6 heteroatoms. The van der Waals surface area contributed by atoms with Crippen LogP contribution in [-0.4, -0.2) is 18.1 Å². The van der Waals surface area contributed by atoms with Crippen molar-refractivity contribution in [3.05, 3.63) is 10.7 Å². The van der Waals surface area contributed by atoms with Crippen molar-refractivity contribution in [1.82, 2.24) is 10.3 Å². The molecular formula is C5H5ClN2O2S. The lowest BCUT2D eigenvalue weighted by Gasteiger charge is -1.96. The summed E-state index contributed by atoms with van der Waals surface area (Å²) in [5.74, 6) is 0. The number of nitrogens with one attached hydrogen (secondary N) is 1. The van der Waals surface area contributed by atoms with Gasteiger partial charge >= 0.3 is 6.09 Å². The van der Waals surface area contributed by atoms with Gasteiger partial charge < -0.3 is 10.1 Å². The summed E-state index contributed by atoms with van der Waals surface area (Å²) in [7, 11) is 1.48. The molecule has 0 aliphatic rings. The Bertz CT molecular complexity index is 263. The lowest BCUT2D eigenvalue weighted by atomic mass is 10.9. The lowest BCUT2D eigenvalue weighted by Crippen LogP contribution is -2.21. The lowest BCUT2D eigenvalue weighted by molar-refractivity contribution is 0.204. The van der Waals surface area contributed by atoms with Crippen LogP contribution in [0.25, 0.3) is 0 Å². The van der Waals surface area contributed by atoms with Crippen LogP contribution in [-0.2, 0) is 0 Å². The van der Waals surface area contributed by atoms with Crippen LogP contribution >= 0.6 is 22.9 Å². The maximum Gasteiger partial charge on any atom is 0.413 e. The second-order valence-electron chi connectivity index (χ2n) is 1.57. The first-order chi connectivity index (χ1) is 5.22. The number of carbonyl (C=O) groups is 1. The normalized spacial score (nSPS) is 9.27. The third-order valence-electron chi connectivity index (χ3n) is 0.854. The Morgan fingerprint density at radius 1 is 1.91 bits per heavy atom. The van der Waals surface area contributed by atoms with Crippen LogP contribution in [0.4, 0.5) is 4.79 Å². The molecule has 0 aliphatic heterocycles. The Morgan fingerprint density at radius 3 is 3.09 bits per heavy atom. The second-order valence-corrected chi connectivity index (χ2v) is 3.15. The number of ether oxygens (including phenoxy) is 1. The van der Waals surface area contributed by atoms with Crippen LogP contribution in [0.3, 0.4) is 0 Å². The molecule has 0 aliphatic carbocycles. The van der Waals surface area contributed by atoms with E-state index in [1.165, 1.54) is 13.2 Å². The summed E-state index contributed by atoms with van der Waals surface area (Å²) in [5, 5.41) is 2.68. The highest BCUT2D eigenvalue weighted by Gasteiger charge is 2.04. The van der Waals surface area contributed by atoms with Crippen LogP contribution in [0.5, 0.6) is 5.06 Å². The third kappa shape index (κ3) is 2.36. The van der Waals surface area contributed by atoms with Crippen molar-refractivity contribution in [3.8, 4) is 5.06 Å². The van der Waals surface area contributed by atoms with E-state index >= 15 is 0 Å². The molecule has 0 saturated heterocycles. The summed E-state index contributed by atoms with van der Waals surface area (Å²) in [6.07, 6.45) is 0.868. The maximum absolute atomic E-state index is 10.6. The van der Waals surface area contributed by atoms with Gasteiger partial charge in [0.15, 0.2) is 4.47 Å². The first kappa shape index (κ1) is 8.29. The molecule has 1 aromatic rings. The number of amides is 1. The summed E-state index contributed by atoms with van der Waals surface area (Å²) in [6, 6.07) is 0. The number of aromatic nitrogens is 1. The van der Waals surface area contributed by atoms with Crippen molar-refractivity contribution in [1.29, 1.82) is 0 Å². The van der Waals surface area contributed by atoms with Crippen molar-refractivity contribution in [2.24, 2.45) is 0 Å². The minimum Gasteiger partial charge on any atom is -0.397 e. The first-order valence-corrected chi connectivity index (χ1v) is 3.92. The molecule has 0 spiro atoms. The smallest absolute Gasteiger partial charge is 0.397 e. The zero-order valence-corrected chi connectivity index (χ0v) is 7.20. The molecule has 1 heterocycles. The number of carbonyl (C=O) groups excluding carboxylic acids is 1. The van der Waals surface area contributed by atoms with Gasteiger partial charge in [-0.05, 0) is 0 Å². The fourth-order valence-corrected chi connectivity index (χ4v) is 1.20. The highest BCUT2D eigenvalue weighted by Crippen LogP contribution is 2.24. The van der Waals surface area contributed by atoms with E-state index in [9.17, 15) is 4.79 Å². The molecule has 4 nitrogen and oxygen atoms in total. The monoisotopic (exact) mass is 192 g/mol. The van der Waals surface area contributed by atoms with Gasteiger partial charge in [-0.2, -0.15) is 0 Å². The highest BCUT2D eigenvalue weighted by molar-refractivity contribution is 7.17. The van der Waals surface area contributed by atoms with Gasteiger partial charge in [-0.3, -0.25) is 0 Å². The molecule has 0 aromatic carbocycles. The van der Waals surface area contributed by atoms with E-state index in [1.54, 1.807) is 0 Å². The molecule has 60 valence electrons. The predicted molar refractivity (Wildman–Crippen MR) is 42.2 cm³/mol. The molecule has 1 amide bonds. The second kappa shape index (κ2) is 3.54. The van der Waals surface area contributed by atoms with Gasteiger partial charge in [0.1, 0.15) is 0 Å². The SMILES string of the molecule is CNC(=O)Oc1cnc(Cl)s1. The Hall–Kier alpha value is -0.810.